The molecule has 0 aliphatic heterocycles. The first kappa shape index (κ1) is 14.7. The number of ether oxygens (including phenoxy) is 1. The van der Waals surface area contributed by atoms with Gasteiger partial charge in [-0.25, -0.2) is 14.8 Å². The quantitative estimate of drug-likeness (QED) is 0.448. The number of H-pyrrole nitrogens is 1. The number of nitrogens with zero attached hydrogens (tertiary/aromatic N) is 2. The molecular weight excluding hydrogens is 322 g/mol. The molecular formula is C14H11N3O3S2. The molecule has 112 valence electrons. The molecule has 2 heterocycles. The average Bonchev–Trinajstić information content (AvgIpc) is 2.99. The van der Waals surface area contributed by atoms with Crippen LogP contribution in [-0.4, -0.2) is 27.2 Å². The molecule has 0 aliphatic carbocycles. The van der Waals surface area contributed by atoms with Crippen LogP contribution in [0, 0.1) is 0 Å². The van der Waals surface area contributed by atoms with Gasteiger partial charge in [0.25, 0.3) is 5.56 Å². The van der Waals surface area contributed by atoms with Gasteiger partial charge in [-0.2, -0.15) is 0 Å². The van der Waals surface area contributed by atoms with Crippen LogP contribution in [0.2, 0.25) is 0 Å². The van der Waals surface area contributed by atoms with Crippen LogP contribution >= 0.6 is 23.1 Å². The van der Waals surface area contributed by atoms with Crippen molar-refractivity contribution in [2.45, 2.75) is 11.8 Å². The maximum absolute atomic E-state index is 12.1. The molecule has 3 rings (SSSR count). The Balaban J connectivity index is 1.74. The fraction of sp³-hybridized carbons (Fsp3) is 0.143. The number of hydrogen-bond donors (Lipinski definition) is 1. The molecule has 22 heavy (non-hydrogen) atoms. The number of hydrogen-bond acceptors (Lipinski definition) is 7. The molecule has 0 radical (unpaired) electrons. The van der Waals surface area contributed by atoms with Gasteiger partial charge in [-0.3, -0.25) is 4.79 Å². The van der Waals surface area contributed by atoms with Gasteiger partial charge in [0.1, 0.15) is 6.61 Å². The van der Waals surface area contributed by atoms with Crippen LogP contribution in [0.1, 0.15) is 16.1 Å². The van der Waals surface area contributed by atoms with Crippen molar-refractivity contribution in [1.29, 1.82) is 0 Å². The van der Waals surface area contributed by atoms with Gasteiger partial charge in [-0.15, -0.1) is 11.3 Å². The highest BCUT2D eigenvalue weighted by Crippen LogP contribution is 2.19. The van der Waals surface area contributed by atoms with E-state index in [0.29, 0.717) is 16.4 Å². The highest BCUT2D eigenvalue weighted by molar-refractivity contribution is 7.98. The second-order valence-corrected chi connectivity index (χ2v) is 6.04. The number of thiazole rings is 1. The number of nitrogens with one attached hydrogen (secondary N) is 1. The first-order valence-electron chi connectivity index (χ1n) is 6.30. The third kappa shape index (κ3) is 3.18. The van der Waals surface area contributed by atoms with E-state index in [1.807, 2.05) is 0 Å². The number of aromatic nitrogens is 3. The van der Waals surface area contributed by atoms with Crippen LogP contribution in [0.3, 0.4) is 0 Å². The van der Waals surface area contributed by atoms with Crippen molar-refractivity contribution >= 4 is 39.3 Å². The number of rotatable bonds is 4. The second kappa shape index (κ2) is 6.29. The number of esters is 1. The fourth-order valence-electron chi connectivity index (χ4n) is 1.86. The van der Waals surface area contributed by atoms with Crippen molar-refractivity contribution in [3.63, 3.8) is 0 Å². The molecule has 2 aromatic heterocycles. The third-order valence-corrected chi connectivity index (χ3v) is 4.26. The summed E-state index contributed by atoms with van der Waals surface area (Å²) in [5.41, 5.74) is 3.18. The van der Waals surface area contributed by atoms with Crippen LogP contribution in [-0.2, 0) is 11.3 Å². The SMILES string of the molecule is CSc1nc(COC(=O)c2ccc3ncsc3c2)cc(=O)[nH]1. The molecule has 0 saturated carbocycles. The molecule has 0 unspecified atom stereocenters. The molecule has 0 saturated heterocycles. The van der Waals surface area contributed by atoms with Gasteiger partial charge in [0.05, 0.1) is 27.0 Å². The second-order valence-electron chi connectivity index (χ2n) is 4.36. The lowest BCUT2D eigenvalue weighted by molar-refractivity contribution is 0.0467. The van der Waals surface area contributed by atoms with E-state index in [-0.39, 0.29) is 12.2 Å². The minimum atomic E-state index is -0.455. The van der Waals surface area contributed by atoms with E-state index in [1.54, 1.807) is 30.0 Å². The van der Waals surface area contributed by atoms with E-state index >= 15 is 0 Å². The third-order valence-electron chi connectivity index (χ3n) is 2.88. The number of benzene rings is 1. The lowest BCUT2D eigenvalue weighted by atomic mass is 10.2. The number of fused-ring (bicyclic) bond motifs is 1. The Labute approximate surface area is 133 Å². The standard InChI is InChI=1S/C14H11N3O3S2/c1-21-14-16-9(5-12(18)17-14)6-20-13(19)8-2-3-10-11(4-8)22-7-15-10/h2-5,7H,6H2,1H3,(H,16,17,18). The normalized spacial score (nSPS) is 10.8. The van der Waals surface area contributed by atoms with Gasteiger partial charge in [0, 0.05) is 6.07 Å². The van der Waals surface area contributed by atoms with Crippen LogP contribution < -0.4 is 5.56 Å². The summed E-state index contributed by atoms with van der Waals surface area (Å²) < 4.78 is 6.14. The predicted molar refractivity (Wildman–Crippen MR) is 85.4 cm³/mol. The Morgan fingerprint density at radius 2 is 2.27 bits per heavy atom. The van der Waals surface area contributed by atoms with Gasteiger partial charge in [0.15, 0.2) is 5.16 Å². The van der Waals surface area contributed by atoms with E-state index in [2.05, 4.69) is 15.0 Å². The van der Waals surface area contributed by atoms with Crippen LogP contribution in [0.25, 0.3) is 10.2 Å². The summed E-state index contributed by atoms with van der Waals surface area (Å²) in [6.45, 7) is -0.0446. The zero-order chi connectivity index (χ0) is 15.5. The van der Waals surface area contributed by atoms with Crippen molar-refractivity contribution in [2.24, 2.45) is 0 Å². The van der Waals surface area contributed by atoms with Crippen LogP contribution in [0.15, 0.2) is 39.7 Å². The van der Waals surface area contributed by atoms with Crippen LogP contribution in [0.4, 0.5) is 0 Å². The average molecular weight is 333 g/mol. The maximum atomic E-state index is 12.1. The van der Waals surface area contributed by atoms with E-state index in [1.165, 1.54) is 29.2 Å². The van der Waals surface area contributed by atoms with E-state index in [4.69, 9.17) is 4.74 Å². The van der Waals surface area contributed by atoms with Crippen molar-refractivity contribution in [2.75, 3.05) is 6.26 Å². The molecule has 0 amide bonds. The Kier molecular flexibility index (Phi) is 4.21. The smallest absolute Gasteiger partial charge is 0.338 e. The van der Waals surface area contributed by atoms with Gasteiger partial charge < -0.3 is 9.72 Å². The number of carbonyl (C=O) groups excluding carboxylic acids is 1. The summed E-state index contributed by atoms with van der Waals surface area (Å²) in [5.74, 6) is -0.455. The largest absolute Gasteiger partial charge is 0.456 e. The zero-order valence-corrected chi connectivity index (χ0v) is 13.2. The van der Waals surface area contributed by atoms with Crippen molar-refractivity contribution < 1.29 is 9.53 Å². The topological polar surface area (TPSA) is 84.9 Å². The minimum Gasteiger partial charge on any atom is -0.456 e. The van der Waals surface area contributed by atoms with E-state index < -0.39 is 5.97 Å². The summed E-state index contributed by atoms with van der Waals surface area (Å²) in [4.78, 5) is 34.4. The first-order chi connectivity index (χ1) is 10.7. The maximum Gasteiger partial charge on any atom is 0.338 e. The monoisotopic (exact) mass is 333 g/mol. The molecule has 6 nitrogen and oxygen atoms in total. The number of carbonyl (C=O) groups is 1. The lowest BCUT2D eigenvalue weighted by Crippen LogP contribution is -2.12. The zero-order valence-electron chi connectivity index (χ0n) is 11.5. The number of aromatic amines is 1. The van der Waals surface area contributed by atoms with Crippen molar-refractivity contribution in [3.8, 4) is 0 Å². The van der Waals surface area contributed by atoms with Gasteiger partial charge in [-0.1, -0.05) is 11.8 Å². The molecule has 0 bridgehead atoms. The van der Waals surface area contributed by atoms with Gasteiger partial charge >= 0.3 is 5.97 Å². The molecule has 1 aromatic carbocycles. The van der Waals surface area contributed by atoms with E-state index in [9.17, 15) is 9.59 Å². The van der Waals surface area contributed by atoms with Crippen molar-refractivity contribution in [1.82, 2.24) is 15.0 Å². The molecule has 0 atom stereocenters. The van der Waals surface area contributed by atoms with Gasteiger partial charge in [-0.05, 0) is 24.5 Å². The molecule has 0 spiro atoms. The molecule has 0 fully saturated rings. The van der Waals surface area contributed by atoms with Crippen molar-refractivity contribution in [3.05, 3.63) is 51.4 Å². The first-order valence-corrected chi connectivity index (χ1v) is 8.41. The Morgan fingerprint density at radius 3 is 3.09 bits per heavy atom. The fourth-order valence-corrected chi connectivity index (χ4v) is 2.99. The predicted octanol–water partition coefficient (Wildman–Crippen LogP) is 2.46. The highest BCUT2D eigenvalue weighted by atomic mass is 32.2. The van der Waals surface area contributed by atoms with Crippen LogP contribution in [0.5, 0.6) is 0 Å². The van der Waals surface area contributed by atoms with E-state index in [0.717, 1.165) is 10.2 Å². The summed E-state index contributed by atoms with van der Waals surface area (Å²) in [5, 5.41) is 0.490. The Hall–Kier alpha value is -2.19. The lowest BCUT2D eigenvalue weighted by Gasteiger charge is -2.05. The minimum absolute atomic E-state index is 0.0446. The van der Waals surface area contributed by atoms with Gasteiger partial charge in [0.2, 0.25) is 0 Å². The molecule has 3 aromatic rings. The summed E-state index contributed by atoms with van der Waals surface area (Å²) in [7, 11) is 0. The molecule has 0 aliphatic rings. The summed E-state index contributed by atoms with van der Waals surface area (Å²) in [6.07, 6.45) is 1.80. The molecule has 1 N–H and O–H groups in total. The summed E-state index contributed by atoms with van der Waals surface area (Å²) >= 11 is 2.78. The Morgan fingerprint density at radius 1 is 1.41 bits per heavy atom. The Bertz CT molecular complexity index is 888. The highest BCUT2D eigenvalue weighted by Gasteiger charge is 2.10. The molecule has 8 heteroatoms. The summed E-state index contributed by atoms with van der Waals surface area (Å²) in [6, 6.07) is 6.51. The number of thioether (sulfide) groups is 1.